The summed E-state index contributed by atoms with van der Waals surface area (Å²) in [5.74, 6) is 0.887. The van der Waals surface area contributed by atoms with E-state index < -0.39 is 0 Å². The summed E-state index contributed by atoms with van der Waals surface area (Å²) in [5, 5.41) is 0. The molecule has 0 aliphatic carbocycles. The van der Waals surface area contributed by atoms with Gasteiger partial charge in [0.25, 0.3) is 0 Å². The number of hydrogen-bond donors (Lipinski definition) is 0. The highest BCUT2D eigenvalue weighted by Gasteiger charge is 2.18. The van der Waals surface area contributed by atoms with Crippen LogP contribution in [0.25, 0.3) is 0 Å². The molecule has 0 radical (unpaired) electrons. The van der Waals surface area contributed by atoms with Gasteiger partial charge < -0.3 is 4.74 Å². The molecule has 14 heavy (non-hydrogen) atoms. The summed E-state index contributed by atoms with van der Waals surface area (Å²) in [7, 11) is 1.69. The van der Waals surface area contributed by atoms with E-state index in [0.717, 1.165) is 19.3 Å². The van der Waals surface area contributed by atoms with Gasteiger partial charge in [-0.05, 0) is 26.2 Å². The maximum atomic E-state index is 11.5. The van der Waals surface area contributed by atoms with Gasteiger partial charge in [-0.3, -0.25) is 4.79 Å². The van der Waals surface area contributed by atoms with Gasteiger partial charge in [0, 0.05) is 20.0 Å². The molecule has 2 heteroatoms. The van der Waals surface area contributed by atoms with Crippen molar-refractivity contribution in [2.24, 2.45) is 5.92 Å². The van der Waals surface area contributed by atoms with E-state index in [-0.39, 0.29) is 5.60 Å². The zero-order valence-corrected chi connectivity index (χ0v) is 10.2. The summed E-state index contributed by atoms with van der Waals surface area (Å²) in [6, 6.07) is 0. The Labute approximate surface area is 88.0 Å². The molecule has 0 aromatic heterocycles. The van der Waals surface area contributed by atoms with E-state index in [2.05, 4.69) is 13.8 Å². The molecule has 0 aliphatic heterocycles. The highest BCUT2D eigenvalue weighted by Crippen LogP contribution is 2.17. The summed E-state index contributed by atoms with van der Waals surface area (Å²) in [5.41, 5.74) is -0.162. The van der Waals surface area contributed by atoms with Crippen LogP contribution in [0.3, 0.4) is 0 Å². The molecule has 0 amide bonds. The molecule has 0 saturated heterocycles. The van der Waals surface area contributed by atoms with Crippen LogP contribution in [0.2, 0.25) is 0 Å². The van der Waals surface area contributed by atoms with Crippen LogP contribution in [0.5, 0.6) is 0 Å². The van der Waals surface area contributed by atoms with E-state index in [0.29, 0.717) is 18.1 Å². The number of hydrogen-bond acceptors (Lipinski definition) is 2. The first kappa shape index (κ1) is 13.6. The largest absolute Gasteiger partial charge is 0.379 e. The zero-order valence-electron chi connectivity index (χ0n) is 10.2. The standard InChI is InChI=1S/C12H24O2/c1-6-10(2)9-11(13)7-8-12(3,4)14-5/h10H,6-9H2,1-5H3. The van der Waals surface area contributed by atoms with Gasteiger partial charge in [-0.2, -0.15) is 0 Å². The summed E-state index contributed by atoms with van der Waals surface area (Å²) in [6.45, 7) is 8.28. The number of ether oxygens (including phenoxy) is 1. The molecule has 2 nitrogen and oxygen atoms in total. The van der Waals surface area contributed by atoms with E-state index in [9.17, 15) is 4.79 Å². The second kappa shape index (κ2) is 6.18. The first-order valence-electron chi connectivity index (χ1n) is 5.48. The molecule has 0 bridgehead atoms. The molecule has 84 valence electrons. The second-order valence-corrected chi connectivity index (χ2v) is 4.72. The molecule has 0 fully saturated rings. The number of carbonyl (C=O) groups excluding carboxylic acids is 1. The minimum Gasteiger partial charge on any atom is -0.379 e. The van der Waals surface area contributed by atoms with Crippen molar-refractivity contribution in [3.8, 4) is 0 Å². The fourth-order valence-corrected chi connectivity index (χ4v) is 1.18. The molecule has 1 atom stereocenters. The van der Waals surface area contributed by atoms with Crippen LogP contribution in [0, 0.1) is 5.92 Å². The van der Waals surface area contributed by atoms with Crippen LogP contribution in [0.4, 0.5) is 0 Å². The van der Waals surface area contributed by atoms with Crippen molar-refractivity contribution in [2.45, 2.75) is 59.0 Å². The molecule has 1 unspecified atom stereocenters. The molecule has 0 aromatic carbocycles. The Morgan fingerprint density at radius 2 is 2.00 bits per heavy atom. The third-order valence-corrected chi connectivity index (χ3v) is 2.83. The number of methoxy groups -OCH3 is 1. The topological polar surface area (TPSA) is 26.3 Å². The zero-order chi connectivity index (χ0) is 11.2. The normalized spacial score (nSPS) is 14.1. The summed E-state index contributed by atoms with van der Waals surface area (Å²) in [4.78, 5) is 11.5. The first-order chi connectivity index (χ1) is 6.41. The highest BCUT2D eigenvalue weighted by atomic mass is 16.5. The Balaban J connectivity index is 3.74. The lowest BCUT2D eigenvalue weighted by atomic mass is 9.95. The van der Waals surface area contributed by atoms with Crippen LogP contribution >= 0.6 is 0 Å². The van der Waals surface area contributed by atoms with Gasteiger partial charge in [-0.1, -0.05) is 20.3 Å². The van der Waals surface area contributed by atoms with E-state index in [1.807, 2.05) is 13.8 Å². The van der Waals surface area contributed by atoms with Crippen LogP contribution in [0.1, 0.15) is 53.4 Å². The lowest BCUT2D eigenvalue weighted by Crippen LogP contribution is -2.23. The van der Waals surface area contributed by atoms with Gasteiger partial charge in [0.1, 0.15) is 5.78 Å². The van der Waals surface area contributed by atoms with Gasteiger partial charge in [-0.25, -0.2) is 0 Å². The molecule has 0 saturated carbocycles. The van der Waals surface area contributed by atoms with E-state index in [1.165, 1.54) is 0 Å². The van der Waals surface area contributed by atoms with Crippen LogP contribution in [0.15, 0.2) is 0 Å². The predicted octanol–water partition coefficient (Wildman–Crippen LogP) is 3.20. The average Bonchev–Trinajstić information content (AvgIpc) is 2.15. The Morgan fingerprint density at radius 1 is 1.43 bits per heavy atom. The fourth-order valence-electron chi connectivity index (χ4n) is 1.18. The van der Waals surface area contributed by atoms with Crippen molar-refractivity contribution in [1.29, 1.82) is 0 Å². The molecule has 0 aliphatic rings. The maximum absolute atomic E-state index is 11.5. The molecule has 0 aromatic rings. The Kier molecular flexibility index (Phi) is 6.01. The molecular formula is C12H24O2. The van der Waals surface area contributed by atoms with Gasteiger partial charge in [0.15, 0.2) is 0 Å². The van der Waals surface area contributed by atoms with Gasteiger partial charge in [0.2, 0.25) is 0 Å². The quantitative estimate of drug-likeness (QED) is 0.631. The fraction of sp³-hybridized carbons (Fsp3) is 0.917. The van der Waals surface area contributed by atoms with E-state index in [4.69, 9.17) is 4.74 Å². The van der Waals surface area contributed by atoms with E-state index >= 15 is 0 Å². The number of rotatable bonds is 7. The van der Waals surface area contributed by atoms with E-state index in [1.54, 1.807) is 7.11 Å². The molecule has 0 spiro atoms. The van der Waals surface area contributed by atoms with Crippen molar-refractivity contribution < 1.29 is 9.53 Å². The van der Waals surface area contributed by atoms with Crippen molar-refractivity contribution >= 4 is 5.78 Å². The SMILES string of the molecule is CCC(C)CC(=O)CCC(C)(C)OC. The van der Waals surface area contributed by atoms with Crippen molar-refractivity contribution in [3.05, 3.63) is 0 Å². The average molecular weight is 200 g/mol. The number of ketones is 1. The third kappa shape index (κ3) is 6.14. The molecule has 0 N–H and O–H groups in total. The van der Waals surface area contributed by atoms with Crippen molar-refractivity contribution in [2.75, 3.05) is 7.11 Å². The Hall–Kier alpha value is -0.370. The van der Waals surface area contributed by atoms with Gasteiger partial charge >= 0.3 is 0 Å². The van der Waals surface area contributed by atoms with Crippen LogP contribution in [-0.4, -0.2) is 18.5 Å². The summed E-state index contributed by atoms with van der Waals surface area (Å²) in [6.07, 6.45) is 3.26. The lowest BCUT2D eigenvalue weighted by Gasteiger charge is -2.22. The van der Waals surface area contributed by atoms with Crippen molar-refractivity contribution in [1.82, 2.24) is 0 Å². The Bertz CT molecular complexity index is 173. The third-order valence-electron chi connectivity index (χ3n) is 2.83. The number of Topliss-reactive ketones (excluding diaryl/α,β-unsaturated/α-hetero) is 1. The first-order valence-corrected chi connectivity index (χ1v) is 5.48. The highest BCUT2D eigenvalue weighted by molar-refractivity contribution is 5.78. The lowest BCUT2D eigenvalue weighted by molar-refractivity contribution is -0.121. The summed E-state index contributed by atoms with van der Waals surface area (Å²) < 4.78 is 5.27. The smallest absolute Gasteiger partial charge is 0.133 e. The minimum atomic E-state index is -0.162. The Morgan fingerprint density at radius 3 is 2.43 bits per heavy atom. The molecular weight excluding hydrogens is 176 g/mol. The molecule has 0 rings (SSSR count). The van der Waals surface area contributed by atoms with Crippen LogP contribution in [-0.2, 0) is 9.53 Å². The number of carbonyl (C=O) groups is 1. The minimum absolute atomic E-state index is 0.162. The molecule has 0 heterocycles. The van der Waals surface area contributed by atoms with Gasteiger partial charge in [-0.15, -0.1) is 0 Å². The van der Waals surface area contributed by atoms with Gasteiger partial charge in [0.05, 0.1) is 5.60 Å². The van der Waals surface area contributed by atoms with Crippen LogP contribution < -0.4 is 0 Å². The predicted molar refractivity (Wildman–Crippen MR) is 59.4 cm³/mol. The monoisotopic (exact) mass is 200 g/mol. The second-order valence-electron chi connectivity index (χ2n) is 4.72. The van der Waals surface area contributed by atoms with Crippen molar-refractivity contribution in [3.63, 3.8) is 0 Å². The summed E-state index contributed by atoms with van der Waals surface area (Å²) >= 11 is 0. The maximum Gasteiger partial charge on any atom is 0.133 e.